The van der Waals surface area contributed by atoms with Gasteiger partial charge < -0.3 is 14.8 Å². The summed E-state index contributed by atoms with van der Waals surface area (Å²) in [6, 6.07) is 6.49. The van der Waals surface area contributed by atoms with Gasteiger partial charge in [-0.25, -0.2) is 0 Å². The van der Waals surface area contributed by atoms with Crippen LogP contribution in [0.4, 0.5) is 0 Å². The molecule has 1 aromatic carbocycles. The summed E-state index contributed by atoms with van der Waals surface area (Å²) in [4.78, 5) is 11.6. The summed E-state index contributed by atoms with van der Waals surface area (Å²) in [5.74, 6) is 2.80. The average Bonchev–Trinajstić information content (AvgIpc) is 3.01. The number of carbonyl (C=O) groups is 1. The van der Waals surface area contributed by atoms with Crippen molar-refractivity contribution in [2.75, 3.05) is 6.79 Å². The Morgan fingerprint density at radius 2 is 2.05 bits per heavy atom. The van der Waals surface area contributed by atoms with E-state index in [0.29, 0.717) is 31.1 Å². The molecule has 1 aliphatic carbocycles. The number of nitrogens with one attached hydrogen (secondary N) is 1. The maximum Gasteiger partial charge on any atom is 0.231 e. The maximum absolute atomic E-state index is 11.6. The molecule has 0 aromatic heterocycles. The molecule has 3 aliphatic rings. The second-order valence-corrected chi connectivity index (χ2v) is 5.71. The van der Waals surface area contributed by atoms with Crippen LogP contribution in [0, 0.1) is 5.92 Å². The number of rotatable bonds is 1. The fraction of sp³-hybridized carbons (Fsp3) is 0.533. The lowest BCUT2D eigenvalue weighted by Gasteiger charge is -2.33. The van der Waals surface area contributed by atoms with E-state index in [4.69, 9.17) is 9.47 Å². The molecule has 2 heterocycles. The van der Waals surface area contributed by atoms with Crippen LogP contribution in [0.15, 0.2) is 18.2 Å². The van der Waals surface area contributed by atoms with Crippen molar-refractivity contribution in [2.24, 2.45) is 5.92 Å². The maximum atomic E-state index is 11.6. The van der Waals surface area contributed by atoms with Crippen LogP contribution in [0.5, 0.6) is 11.5 Å². The average molecular weight is 259 g/mol. The molecule has 1 N–H and O–H groups in total. The number of carbonyl (C=O) groups excluding carboxylic acids is 1. The minimum atomic E-state index is 0.211. The van der Waals surface area contributed by atoms with Gasteiger partial charge in [-0.15, -0.1) is 0 Å². The van der Waals surface area contributed by atoms with Crippen molar-refractivity contribution in [3.8, 4) is 11.5 Å². The quantitative estimate of drug-likeness (QED) is 0.841. The summed E-state index contributed by atoms with van der Waals surface area (Å²) < 4.78 is 10.8. The molecular formula is C15H17NO3. The Hall–Kier alpha value is -1.71. The predicted octanol–water partition coefficient (Wildman–Crippen LogP) is 2.19. The molecule has 3 atom stereocenters. The second kappa shape index (κ2) is 4.15. The van der Waals surface area contributed by atoms with Crippen LogP contribution in [-0.2, 0) is 4.79 Å². The van der Waals surface area contributed by atoms with Crippen molar-refractivity contribution >= 4 is 5.91 Å². The van der Waals surface area contributed by atoms with Gasteiger partial charge in [-0.2, -0.15) is 0 Å². The van der Waals surface area contributed by atoms with Crippen molar-refractivity contribution in [3.63, 3.8) is 0 Å². The Morgan fingerprint density at radius 1 is 1.16 bits per heavy atom. The van der Waals surface area contributed by atoms with Gasteiger partial charge in [0.2, 0.25) is 12.7 Å². The molecule has 1 amide bonds. The monoisotopic (exact) mass is 259 g/mol. The molecule has 2 aliphatic heterocycles. The van der Waals surface area contributed by atoms with Crippen LogP contribution < -0.4 is 14.8 Å². The van der Waals surface area contributed by atoms with Gasteiger partial charge in [0, 0.05) is 18.4 Å². The van der Waals surface area contributed by atoms with Gasteiger partial charge in [0.1, 0.15) is 0 Å². The highest BCUT2D eigenvalue weighted by Gasteiger charge is 2.40. The van der Waals surface area contributed by atoms with Crippen LogP contribution in [0.1, 0.15) is 37.2 Å². The van der Waals surface area contributed by atoms with E-state index in [9.17, 15) is 4.79 Å². The normalized spacial score (nSPS) is 32.0. The summed E-state index contributed by atoms with van der Waals surface area (Å²) in [6.07, 6.45) is 4.21. The molecule has 100 valence electrons. The number of hydrogen-bond donors (Lipinski definition) is 1. The third-order valence-electron chi connectivity index (χ3n) is 4.63. The fourth-order valence-corrected chi connectivity index (χ4v) is 3.74. The Kier molecular flexibility index (Phi) is 2.43. The molecule has 2 fully saturated rings. The summed E-state index contributed by atoms with van der Waals surface area (Å²) in [5, 5.41) is 3.16. The van der Waals surface area contributed by atoms with Crippen LogP contribution in [0.2, 0.25) is 0 Å². The highest BCUT2D eigenvalue weighted by Crippen LogP contribution is 2.43. The van der Waals surface area contributed by atoms with Gasteiger partial charge in [0.05, 0.1) is 0 Å². The van der Waals surface area contributed by atoms with E-state index < -0.39 is 0 Å². The number of ether oxygens (including phenoxy) is 2. The zero-order chi connectivity index (χ0) is 12.8. The van der Waals surface area contributed by atoms with E-state index >= 15 is 0 Å². The van der Waals surface area contributed by atoms with E-state index in [1.807, 2.05) is 6.07 Å². The minimum absolute atomic E-state index is 0.211. The Labute approximate surface area is 112 Å². The molecule has 4 nitrogen and oxygen atoms in total. The first-order valence-corrected chi connectivity index (χ1v) is 7.00. The standard InChI is InChI=1S/C15H17NO3/c17-14-7-10-2-1-3-11(15(10)16-14)9-4-5-12-13(6-9)19-8-18-12/h4-6,10-11,15H,1-3,7-8H2,(H,16,17)/t10-,11+,15-/m1/s1. The van der Waals surface area contributed by atoms with E-state index in [1.54, 1.807) is 0 Å². The zero-order valence-corrected chi connectivity index (χ0v) is 10.7. The van der Waals surface area contributed by atoms with Crippen LogP contribution in [-0.4, -0.2) is 18.7 Å². The third kappa shape index (κ3) is 1.78. The number of hydrogen-bond acceptors (Lipinski definition) is 3. The lowest BCUT2D eigenvalue weighted by Crippen LogP contribution is -2.37. The highest BCUT2D eigenvalue weighted by atomic mass is 16.7. The van der Waals surface area contributed by atoms with Gasteiger partial charge in [0.25, 0.3) is 0 Å². The number of fused-ring (bicyclic) bond motifs is 2. The highest BCUT2D eigenvalue weighted by molar-refractivity contribution is 5.79. The summed E-state index contributed by atoms with van der Waals surface area (Å²) in [5.41, 5.74) is 1.26. The van der Waals surface area contributed by atoms with Crippen molar-refractivity contribution in [1.82, 2.24) is 5.32 Å². The fourth-order valence-electron chi connectivity index (χ4n) is 3.74. The molecule has 0 spiro atoms. The molecule has 4 rings (SSSR count). The number of amides is 1. The van der Waals surface area contributed by atoms with Gasteiger partial charge in [-0.3, -0.25) is 4.79 Å². The predicted molar refractivity (Wildman–Crippen MR) is 69.2 cm³/mol. The van der Waals surface area contributed by atoms with E-state index in [0.717, 1.165) is 17.9 Å². The van der Waals surface area contributed by atoms with Gasteiger partial charge in [-0.1, -0.05) is 12.5 Å². The van der Waals surface area contributed by atoms with Crippen molar-refractivity contribution in [2.45, 2.75) is 37.6 Å². The molecule has 0 unspecified atom stereocenters. The first-order valence-electron chi connectivity index (χ1n) is 7.00. The molecule has 1 saturated carbocycles. The van der Waals surface area contributed by atoms with Crippen molar-refractivity contribution < 1.29 is 14.3 Å². The zero-order valence-electron chi connectivity index (χ0n) is 10.7. The Balaban J connectivity index is 1.65. The molecular weight excluding hydrogens is 242 g/mol. The van der Waals surface area contributed by atoms with Gasteiger partial charge in [-0.05, 0) is 36.5 Å². The third-order valence-corrected chi connectivity index (χ3v) is 4.63. The summed E-state index contributed by atoms with van der Waals surface area (Å²) in [7, 11) is 0. The second-order valence-electron chi connectivity index (χ2n) is 5.71. The van der Waals surface area contributed by atoms with Crippen molar-refractivity contribution in [1.29, 1.82) is 0 Å². The minimum Gasteiger partial charge on any atom is -0.454 e. The van der Waals surface area contributed by atoms with Crippen LogP contribution in [0.3, 0.4) is 0 Å². The summed E-state index contributed by atoms with van der Waals surface area (Å²) in [6.45, 7) is 0.312. The van der Waals surface area contributed by atoms with E-state index in [-0.39, 0.29) is 5.91 Å². The lowest BCUT2D eigenvalue weighted by molar-refractivity contribution is -0.119. The van der Waals surface area contributed by atoms with Gasteiger partial charge >= 0.3 is 0 Å². The van der Waals surface area contributed by atoms with Crippen molar-refractivity contribution in [3.05, 3.63) is 23.8 Å². The smallest absolute Gasteiger partial charge is 0.231 e. The molecule has 1 saturated heterocycles. The number of benzene rings is 1. The molecule has 1 aromatic rings. The largest absolute Gasteiger partial charge is 0.454 e. The molecule has 0 radical (unpaired) electrons. The first kappa shape index (κ1) is 11.1. The van der Waals surface area contributed by atoms with Crippen LogP contribution in [0.25, 0.3) is 0 Å². The van der Waals surface area contributed by atoms with E-state index in [2.05, 4.69) is 17.4 Å². The van der Waals surface area contributed by atoms with Crippen LogP contribution >= 0.6 is 0 Å². The Morgan fingerprint density at radius 3 is 3.00 bits per heavy atom. The van der Waals surface area contributed by atoms with E-state index in [1.165, 1.54) is 18.4 Å². The molecule has 19 heavy (non-hydrogen) atoms. The molecule has 4 heteroatoms. The first-order chi connectivity index (χ1) is 9.31. The topological polar surface area (TPSA) is 47.6 Å². The lowest BCUT2D eigenvalue weighted by atomic mass is 9.74. The SMILES string of the molecule is O=C1C[C@H]2CCC[C@@H](c3ccc4c(c3)OCO4)[C@@H]2N1. The van der Waals surface area contributed by atoms with Gasteiger partial charge in [0.15, 0.2) is 11.5 Å². The Bertz CT molecular complexity index is 528. The summed E-state index contributed by atoms with van der Waals surface area (Å²) >= 11 is 0. The molecule has 0 bridgehead atoms.